The summed E-state index contributed by atoms with van der Waals surface area (Å²) in [6.45, 7) is 0.290. The molecule has 5 nitrogen and oxygen atoms in total. The summed E-state index contributed by atoms with van der Waals surface area (Å²) in [5.41, 5.74) is 1.08. The van der Waals surface area contributed by atoms with E-state index in [1.807, 2.05) is 12.1 Å². The maximum Gasteiger partial charge on any atom is 0.253 e. The van der Waals surface area contributed by atoms with Crippen LogP contribution in [0.4, 0.5) is 24.5 Å². The number of nitrogens with one attached hydrogen (secondary N) is 2. The molecule has 0 aliphatic rings. The van der Waals surface area contributed by atoms with E-state index in [2.05, 4.69) is 15.6 Å². The first-order valence-electron chi connectivity index (χ1n) is 8.24. The lowest BCUT2D eigenvalue weighted by atomic mass is 10.2. The third kappa shape index (κ3) is 4.40. The lowest BCUT2D eigenvalue weighted by molar-refractivity contribution is 0.0950. The van der Waals surface area contributed by atoms with Crippen LogP contribution in [0, 0.1) is 17.5 Å². The molecule has 0 radical (unpaired) electrons. The smallest absolute Gasteiger partial charge is 0.253 e. The highest BCUT2D eigenvalue weighted by Gasteiger charge is 2.14. The normalized spacial score (nSPS) is 10.4. The van der Waals surface area contributed by atoms with Gasteiger partial charge in [0, 0.05) is 12.7 Å². The van der Waals surface area contributed by atoms with Gasteiger partial charge in [-0.3, -0.25) is 9.78 Å². The predicted molar refractivity (Wildman–Crippen MR) is 98.0 cm³/mol. The molecule has 0 spiro atoms. The fourth-order valence-corrected chi connectivity index (χ4v) is 2.44. The summed E-state index contributed by atoms with van der Waals surface area (Å²) < 4.78 is 45.2. The third-order valence-electron chi connectivity index (χ3n) is 3.93. The van der Waals surface area contributed by atoms with Crippen molar-refractivity contribution in [1.29, 1.82) is 0 Å². The molecule has 0 atom stereocenters. The fourth-order valence-electron chi connectivity index (χ4n) is 2.44. The van der Waals surface area contributed by atoms with E-state index in [1.54, 1.807) is 19.2 Å². The van der Waals surface area contributed by atoms with Crippen LogP contribution in [-0.2, 0) is 6.54 Å². The molecule has 2 N–H and O–H groups in total. The number of ether oxygens (including phenoxy) is 1. The van der Waals surface area contributed by atoms with Crippen LogP contribution in [0.2, 0.25) is 0 Å². The van der Waals surface area contributed by atoms with Gasteiger partial charge in [-0.15, -0.1) is 0 Å². The molecule has 144 valence electrons. The number of pyridine rings is 1. The summed E-state index contributed by atoms with van der Waals surface area (Å²) in [5, 5.41) is 5.32. The van der Waals surface area contributed by atoms with E-state index in [0.717, 1.165) is 17.7 Å². The molecular weight excluding hydrogens is 371 g/mol. The largest absolute Gasteiger partial charge is 0.497 e. The van der Waals surface area contributed by atoms with Crippen molar-refractivity contribution in [3.63, 3.8) is 0 Å². The topological polar surface area (TPSA) is 63.2 Å². The Balaban J connectivity index is 1.68. The van der Waals surface area contributed by atoms with Gasteiger partial charge >= 0.3 is 0 Å². The van der Waals surface area contributed by atoms with Gasteiger partial charge in [0.1, 0.15) is 5.75 Å². The van der Waals surface area contributed by atoms with E-state index in [4.69, 9.17) is 4.74 Å². The van der Waals surface area contributed by atoms with E-state index >= 15 is 0 Å². The average Bonchev–Trinajstić information content (AvgIpc) is 2.73. The second kappa shape index (κ2) is 8.43. The Morgan fingerprint density at radius 1 is 1.04 bits per heavy atom. The van der Waals surface area contributed by atoms with E-state index in [-0.39, 0.29) is 23.5 Å². The number of methoxy groups -OCH3 is 1. The van der Waals surface area contributed by atoms with Crippen LogP contribution in [0.15, 0.2) is 54.9 Å². The van der Waals surface area contributed by atoms with Gasteiger partial charge in [-0.1, -0.05) is 12.1 Å². The highest BCUT2D eigenvalue weighted by molar-refractivity contribution is 5.94. The highest BCUT2D eigenvalue weighted by Crippen LogP contribution is 2.23. The summed E-state index contributed by atoms with van der Waals surface area (Å²) in [5.74, 6) is -3.89. The van der Waals surface area contributed by atoms with Gasteiger partial charge in [0.25, 0.3) is 5.91 Å². The number of benzene rings is 2. The highest BCUT2D eigenvalue weighted by atomic mass is 19.2. The predicted octanol–water partition coefficient (Wildman–Crippen LogP) is 4.18. The van der Waals surface area contributed by atoms with Crippen molar-refractivity contribution in [2.24, 2.45) is 0 Å². The van der Waals surface area contributed by atoms with Crippen LogP contribution < -0.4 is 15.4 Å². The quantitative estimate of drug-likeness (QED) is 0.623. The standard InChI is InChI=1S/C20H16F3N3O2/c1-28-15-4-2-12(3-5-15)9-25-20(27)13-8-14(11-24-10-13)26-17-7-6-16(21)18(22)19(17)23/h2-8,10-11,26H,9H2,1H3,(H,25,27). The number of carbonyl (C=O) groups is 1. The van der Waals surface area contributed by atoms with Crippen molar-refractivity contribution in [3.8, 4) is 5.75 Å². The van der Waals surface area contributed by atoms with Crippen LogP contribution in [0.5, 0.6) is 5.75 Å². The Hall–Kier alpha value is -3.55. The number of anilines is 2. The third-order valence-corrected chi connectivity index (χ3v) is 3.93. The van der Waals surface area contributed by atoms with E-state index in [9.17, 15) is 18.0 Å². The molecule has 0 unspecified atom stereocenters. The lowest BCUT2D eigenvalue weighted by Gasteiger charge is -2.10. The van der Waals surface area contributed by atoms with Crippen molar-refractivity contribution < 1.29 is 22.7 Å². The zero-order chi connectivity index (χ0) is 20.1. The number of halogens is 3. The summed E-state index contributed by atoms with van der Waals surface area (Å²) >= 11 is 0. The molecule has 1 heterocycles. The molecule has 28 heavy (non-hydrogen) atoms. The summed E-state index contributed by atoms with van der Waals surface area (Å²) in [4.78, 5) is 16.2. The zero-order valence-corrected chi connectivity index (χ0v) is 14.8. The first-order chi connectivity index (χ1) is 13.5. The van der Waals surface area contributed by atoms with E-state index in [1.165, 1.54) is 18.5 Å². The monoisotopic (exact) mass is 387 g/mol. The molecule has 3 rings (SSSR count). The molecule has 0 aliphatic carbocycles. The lowest BCUT2D eigenvalue weighted by Crippen LogP contribution is -2.23. The Labute approximate surface area is 159 Å². The van der Waals surface area contributed by atoms with Crippen LogP contribution in [-0.4, -0.2) is 18.0 Å². The SMILES string of the molecule is COc1ccc(CNC(=O)c2cncc(Nc3ccc(F)c(F)c3F)c2)cc1. The molecule has 0 saturated carbocycles. The van der Waals surface area contributed by atoms with Gasteiger partial charge < -0.3 is 15.4 Å². The Kier molecular flexibility index (Phi) is 5.78. The summed E-state index contributed by atoms with van der Waals surface area (Å²) in [6, 6.07) is 10.5. The first-order valence-corrected chi connectivity index (χ1v) is 8.24. The summed E-state index contributed by atoms with van der Waals surface area (Å²) in [6.07, 6.45) is 2.68. The number of amides is 1. The summed E-state index contributed by atoms with van der Waals surface area (Å²) in [7, 11) is 1.57. The number of hydrogen-bond donors (Lipinski definition) is 2. The molecule has 0 fully saturated rings. The molecule has 8 heteroatoms. The number of carbonyl (C=O) groups excluding carboxylic acids is 1. The molecule has 0 saturated heterocycles. The maximum atomic E-state index is 13.8. The Morgan fingerprint density at radius 3 is 2.50 bits per heavy atom. The van der Waals surface area contributed by atoms with Crippen molar-refractivity contribution in [1.82, 2.24) is 10.3 Å². The maximum absolute atomic E-state index is 13.8. The van der Waals surface area contributed by atoms with Gasteiger partial charge in [0.05, 0.1) is 30.2 Å². The van der Waals surface area contributed by atoms with Gasteiger partial charge in [-0.2, -0.15) is 0 Å². The minimum atomic E-state index is -1.58. The second-order valence-corrected chi connectivity index (χ2v) is 5.84. The van der Waals surface area contributed by atoms with Gasteiger partial charge in [-0.05, 0) is 35.9 Å². The number of nitrogens with zero attached hydrogens (tertiary/aromatic N) is 1. The van der Waals surface area contributed by atoms with Crippen molar-refractivity contribution in [2.45, 2.75) is 6.54 Å². The van der Waals surface area contributed by atoms with Crippen molar-refractivity contribution >= 4 is 17.3 Å². The fraction of sp³-hybridized carbons (Fsp3) is 0.100. The van der Waals surface area contributed by atoms with Crippen LogP contribution in [0.3, 0.4) is 0 Å². The average molecular weight is 387 g/mol. The van der Waals surface area contributed by atoms with Crippen molar-refractivity contribution in [3.05, 3.63) is 83.4 Å². The minimum absolute atomic E-state index is 0.224. The Bertz CT molecular complexity index is 994. The molecular formula is C20H16F3N3O2. The number of aromatic nitrogens is 1. The van der Waals surface area contributed by atoms with Gasteiger partial charge in [0.15, 0.2) is 17.5 Å². The Morgan fingerprint density at radius 2 is 1.79 bits per heavy atom. The first kappa shape index (κ1) is 19.2. The van der Waals surface area contributed by atoms with E-state index < -0.39 is 23.4 Å². The number of hydrogen-bond acceptors (Lipinski definition) is 4. The van der Waals surface area contributed by atoms with Crippen molar-refractivity contribution in [2.75, 3.05) is 12.4 Å². The minimum Gasteiger partial charge on any atom is -0.497 e. The zero-order valence-electron chi connectivity index (χ0n) is 14.8. The molecule has 0 bridgehead atoms. The molecule has 1 aromatic heterocycles. The van der Waals surface area contributed by atoms with Gasteiger partial charge in [-0.25, -0.2) is 13.2 Å². The molecule has 1 amide bonds. The van der Waals surface area contributed by atoms with E-state index in [0.29, 0.717) is 5.75 Å². The van der Waals surface area contributed by atoms with Crippen LogP contribution in [0.25, 0.3) is 0 Å². The molecule has 3 aromatic rings. The van der Waals surface area contributed by atoms with Crippen LogP contribution in [0.1, 0.15) is 15.9 Å². The van der Waals surface area contributed by atoms with Crippen LogP contribution >= 0.6 is 0 Å². The molecule has 2 aromatic carbocycles. The molecule has 0 aliphatic heterocycles. The second-order valence-electron chi connectivity index (χ2n) is 5.84. The van der Waals surface area contributed by atoms with Gasteiger partial charge in [0.2, 0.25) is 0 Å². The number of rotatable bonds is 6.